The minimum Gasteiger partial charge on any atom is -0.454 e. The number of hydrogen-bond donors (Lipinski definition) is 2. The lowest BCUT2D eigenvalue weighted by atomic mass is 10.2. The van der Waals surface area contributed by atoms with E-state index in [2.05, 4.69) is 10.6 Å². The molecule has 4 rings (SSSR count). The summed E-state index contributed by atoms with van der Waals surface area (Å²) in [5, 5.41) is 5.20. The van der Waals surface area contributed by atoms with Crippen LogP contribution >= 0.6 is 0 Å². The largest absolute Gasteiger partial charge is 0.454 e. The van der Waals surface area contributed by atoms with Crippen LogP contribution in [-0.4, -0.2) is 43.7 Å². The Kier molecular flexibility index (Phi) is 4.69. The highest BCUT2D eigenvalue weighted by Crippen LogP contribution is 2.39. The zero-order valence-corrected chi connectivity index (χ0v) is 14.4. The normalized spacial score (nSPS) is 22.5. The van der Waals surface area contributed by atoms with E-state index >= 15 is 0 Å². The maximum Gasteiger partial charge on any atom is 0.309 e. The molecule has 2 aliphatic heterocycles. The van der Waals surface area contributed by atoms with Crippen LogP contribution in [0, 0.1) is 0 Å². The number of nitrogens with one attached hydrogen (secondary N) is 2. The maximum absolute atomic E-state index is 12.0. The fraction of sp³-hybridized carbons (Fsp3) is 0.556. The van der Waals surface area contributed by atoms with Crippen molar-refractivity contribution in [2.75, 3.05) is 19.9 Å². The van der Waals surface area contributed by atoms with Gasteiger partial charge in [-0.2, -0.15) is 0 Å². The number of ether oxygens (including phenoxy) is 4. The molecule has 26 heavy (non-hydrogen) atoms. The number of benzene rings is 1. The number of carbonyl (C=O) groups is 2. The van der Waals surface area contributed by atoms with Crippen LogP contribution in [0.3, 0.4) is 0 Å². The van der Waals surface area contributed by atoms with E-state index in [1.165, 1.54) is 0 Å². The molecule has 1 atom stereocenters. The quantitative estimate of drug-likeness (QED) is 0.771. The molecule has 1 aromatic rings. The summed E-state index contributed by atoms with van der Waals surface area (Å²) in [5.74, 6) is -0.507. The Morgan fingerprint density at radius 2 is 1.85 bits per heavy atom. The van der Waals surface area contributed by atoms with Gasteiger partial charge in [-0.3, -0.25) is 9.59 Å². The van der Waals surface area contributed by atoms with Gasteiger partial charge in [-0.1, -0.05) is 6.07 Å². The minimum atomic E-state index is -0.683. The van der Waals surface area contributed by atoms with E-state index in [-0.39, 0.29) is 26.0 Å². The molecule has 1 saturated heterocycles. The Morgan fingerprint density at radius 1 is 1.08 bits per heavy atom. The third-order valence-electron chi connectivity index (χ3n) is 4.87. The van der Waals surface area contributed by atoms with Gasteiger partial charge in [0.2, 0.25) is 6.79 Å². The van der Waals surface area contributed by atoms with Gasteiger partial charge in [0.15, 0.2) is 17.3 Å². The van der Waals surface area contributed by atoms with Crippen molar-refractivity contribution in [3.63, 3.8) is 0 Å². The van der Waals surface area contributed by atoms with E-state index in [0.29, 0.717) is 18.1 Å². The van der Waals surface area contributed by atoms with Crippen molar-refractivity contribution in [2.45, 2.75) is 44.1 Å². The van der Waals surface area contributed by atoms with Crippen LogP contribution in [0.25, 0.3) is 0 Å². The summed E-state index contributed by atoms with van der Waals surface area (Å²) >= 11 is 0. The Balaban J connectivity index is 1.20. The molecular weight excluding hydrogens is 340 g/mol. The zero-order chi connectivity index (χ0) is 18.0. The topological polar surface area (TPSA) is 95.1 Å². The van der Waals surface area contributed by atoms with Crippen molar-refractivity contribution in [3.05, 3.63) is 23.8 Å². The molecule has 8 nitrogen and oxygen atoms in total. The molecule has 1 spiro atoms. The van der Waals surface area contributed by atoms with Crippen LogP contribution in [0.15, 0.2) is 18.2 Å². The summed E-state index contributed by atoms with van der Waals surface area (Å²) in [4.78, 5) is 23.9. The molecule has 1 aromatic carbocycles. The van der Waals surface area contributed by atoms with Gasteiger partial charge >= 0.3 is 11.8 Å². The molecular formula is C18H22N2O6. The van der Waals surface area contributed by atoms with Gasteiger partial charge < -0.3 is 29.6 Å². The van der Waals surface area contributed by atoms with Gasteiger partial charge in [-0.05, 0) is 30.5 Å². The van der Waals surface area contributed by atoms with E-state index in [1.807, 2.05) is 6.07 Å². The fourth-order valence-electron chi connectivity index (χ4n) is 3.49. The molecule has 2 N–H and O–H groups in total. The lowest BCUT2D eigenvalue weighted by molar-refractivity contribution is -0.161. The second-order valence-corrected chi connectivity index (χ2v) is 6.75. The van der Waals surface area contributed by atoms with Gasteiger partial charge in [-0.25, -0.2) is 0 Å². The van der Waals surface area contributed by atoms with Crippen LogP contribution < -0.4 is 20.1 Å². The average Bonchev–Trinajstić information content (AvgIpc) is 3.39. The summed E-state index contributed by atoms with van der Waals surface area (Å²) in [7, 11) is 0. The van der Waals surface area contributed by atoms with Gasteiger partial charge in [0.1, 0.15) is 6.10 Å². The van der Waals surface area contributed by atoms with E-state index in [1.54, 1.807) is 12.1 Å². The first-order valence-corrected chi connectivity index (χ1v) is 8.90. The molecule has 140 valence electrons. The van der Waals surface area contributed by atoms with Crippen LogP contribution in [0.5, 0.6) is 11.5 Å². The zero-order valence-electron chi connectivity index (χ0n) is 14.4. The van der Waals surface area contributed by atoms with Crippen molar-refractivity contribution >= 4 is 11.8 Å². The van der Waals surface area contributed by atoms with Crippen molar-refractivity contribution < 1.29 is 28.5 Å². The summed E-state index contributed by atoms with van der Waals surface area (Å²) in [6.45, 7) is 1.13. The van der Waals surface area contributed by atoms with Crippen LogP contribution in [-0.2, 0) is 25.6 Å². The Morgan fingerprint density at radius 3 is 2.69 bits per heavy atom. The Labute approximate surface area is 151 Å². The molecule has 1 saturated carbocycles. The standard InChI is InChI=1S/C18H22N2O6/c21-16(19-8-12-3-4-14-15(7-12)24-11-23-14)17(22)20-9-13-10-25-18(26-13)5-1-2-6-18/h3-4,7,13H,1-2,5-6,8-11H2,(H,19,21)(H,20,22)/t13-/m1/s1. The molecule has 0 radical (unpaired) electrons. The Bertz CT molecular complexity index is 701. The lowest BCUT2D eigenvalue weighted by Gasteiger charge is -2.21. The summed E-state index contributed by atoms with van der Waals surface area (Å²) in [6.07, 6.45) is 3.78. The molecule has 2 heterocycles. The molecule has 0 unspecified atom stereocenters. The summed E-state index contributed by atoms with van der Waals surface area (Å²) < 4.78 is 22.2. The SMILES string of the molecule is O=C(NCc1ccc2c(c1)OCO2)C(=O)NC[C@@H]1COC2(CCCC2)O1. The van der Waals surface area contributed by atoms with Crippen molar-refractivity contribution in [1.82, 2.24) is 10.6 Å². The average molecular weight is 362 g/mol. The highest BCUT2D eigenvalue weighted by atomic mass is 16.7. The molecule has 0 bridgehead atoms. The molecule has 2 amide bonds. The second-order valence-electron chi connectivity index (χ2n) is 6.75. The first kappa shape index (κ1) is 17.1. The van der Waals surface area contributed by atoms with Crippen LogP contribution in [0.2, 0.25) is 0 Å². The predicted molar refractivity (Wildman–Crippen MR) is 89.4 cm³/mol. The number of rotatable bonds is 4. The molecule has 8 heteroatoms. The van der Waals surface area contributed by atoms with Gasteiger partial charge in [-0.15, -0.1) is 0 Å². The predicted octanol–water partition coefficient (Wildman–Crippen LogP) is 0.833. The summed E-state index contributed by atoms with van der Waals surface area (Å²) in [5.41, 5.74) is 0.825. The fourth-order valence-corrected chi connectivity index (χ4v) is 3.49. The highest BCUT2D eigenvalue weighted by Gasteiger charge is 2.43. The summed E-state index contributed by atoms with van der Waals surface area (Å²) in [6, 6.07) is 5.38. The van der Waals surface area contributed by atoms with Gasteiger partial charge in [0.25, 0.3) is 0 Å². The molecule has 2 fully saturated rings. The van der Waals surface area contributed by atoms with Gasteiger partial charge in [0.05, 0.1) is 6.61 Å². The van der Waals surface area contributed by atoms with Crippen molar-refractivity contribution in [3.8, 4) is 11.5 Å². The second kappa shape index (κ2) is 7.13. The minimum absolute atomic E-state index is 0.196. The maximum atomic E-state index is 12.0. The third kappa shape index (κ3) is 3.61. The lowest BCUT2D eigenvalue weighted by Crippen LogP contribution is -2.43. The van der Waals surface area contributed by atoms with E-state index < -0.39 is 17.6 Å². The Hall–Kier alpha value is -2.32. The number of amides is 2. The third-order valence-corrected chi connectivity index (χ3v) is 4.87. The van der Waals surface area contributed by atoms with E-state index in [9.17, 15) is 9.59 Å². The highest BCUT2D eigenvalue weighted by molar-refractivity contribution is 6.35. The number of fused-ring (bicyclic) bond motifs is 1. The van der Waals surface area contributed by atoms with Crippen LogP contribution in [0.4, 0.5) is 0 Å². The van der Waals surface area contributed by atoms with Crippen molar-refractivity contribution in [1.29, 1.82) is 0 Å². The molecule has 0 aromatic heterocycles. The molecule has 3 aliphatic rings. The smallest absolute Gasteiger partial charge is 0.309 e. The molecule has 1 aliphatic carbocycles. The first-order valence-electron chi connectivity index (χ1n) is 8.90. The first-order chi connectivity index (χ1) is 12.6. The van der Waals surface area contributed by atoms with Crippen molar-refractivity contribution in [2.24, 2.45) is 0 Å². The van der Waals surface area contributed by atoms with E-state index in [0.717, 1.165) is 31.2 Å². The number of hydrogen-bond acceptors (Lipinski definition) is 6. The van der Waals surface area contributed by atoms with E-state index in [4.69, 9.17) is 18.9 Å². The van der Waals surface area contributed by atoms with Gasteiger partial charge in [0, 0.05) is 25.9 Å². The number of carbonyl (C=O) groups excluding carboxylic acids is 2. The van der Waals surface area contributed by atoms with Crippen LogP contribution in [0.1, 0.15) is 31.2 Å². The monoisotopic (exact) mass is 362 g/mol.